The van der Waals surface area contributed by atoms with E-state index in [9.17, 15) is 0 Å². The second-order valence-electron chi connectivity index (χ2n) is 5.36. The van der Waals surface area contributed by atoms with E-state index in [2.05, 4.69) is 45.8 Å². The highest BCUT2D eigenvalue weighted by Crippen LogP contribution is 2.26. The number of pyridine rings is 1. The minimum absolute atomic E-state index is 0.224. The molecule has 1 fully saturated rings. The maximum Gasteiger partial charge on any atom is 0.0964 e. The first-order chi connectivity index (χ1) is 9.81. The van der Waals surface area contributed by atoms with Crippen LogP contribution in [0.2, 0.25) is 0 Å². The Hall–Kier alpha value is -1.23. The lowest BCUT2D eigenvalue weighted by Gasteiger charge is -2.36. The average Bonchev–Trinajstić information content (AvgIpc) is 3.00. The minimum Gasteiger partial charge on any atom is -0.368 e. The predicted molar refractivity (Wildman–Crippen MR) is 82.0 cm³/mol. The molecule has 1 aliphatic heterocycles. The predicted octanol–water partition coefficient (Wildman–Crippen LogP) is 3.15. The Labute approximate surface area is 124 Å². The molecule has 1 aliphatic rings. The van der Waals surface area contributed by atoms with Gasteiger partial charge in [-0.15, -0.1) is 0 Å². The molecule has 4 heteroatoms. The highest BCUT2D eigenvalue weighted by molar-refractivity contribution is 7.07. The molecule has 3 nitrogen and oxygen atoms in total. The van der Waals surface area contributed by atoms with Crippen molar-refractivity contribution in [3.63, 3.8) is 0 Å². The molecular formula is C16H20N2OS. The largest absolute Gasteiger partial charge is 0.368 e. The molecule has 0 aromatic carbocycles. The molecule has 3 heterocycles. The first-order valence-corrected chi connectivity index (χ1v) is 8.04. The van der Waals surface area contributed by atoms with Crippen molar-refractivity contribution in [2.75, 3.05) is 19.6 Å². The van der Waals surface area contributed by atoms with Crippen molar-refractivity contribution in [1.29, 1.82) is 0 Å². The summed E-state index contributed by atoms with van der Waals surface area (Å²) in [7, 11) is 0. The fourth-order valence-electron chi connectivity index (χ4n) is 2.70. The standard InChI is InChI=1S/C16H20N2OS/c1-13-10-18(8-4-14-2-6-17-7-3-14)11-16(19-13)15-5-9-20-12-15/h2-3,5-7,9,12-13,16H,4,8,10-11H2,1H3/t13-,16-/m0/s1. The quantitative estimate of drug-likeness (QED) is 0.864. The van der Waals surface area contributed by atoms with Gasteiger partial charge in [0.15, 0.2) is 0 Å². The number of aromatic nitrogens is 1. The lowest BCUT2D eigenvalue weighted by atomic mass is 10.1. The van der Waals surface area contributed by atoms with Gasteiger partial charge in [-0.3, -0.25) is 9.88 Å². The number of nitrogens with zero attached hydrogens (tertiary/aromatic N) is 2. The first kappa shape index (κ1) is 13.7. The molecule has 0 unspecified atom stereocenters. The average molecular weight is 288 g/mol. The van der Waals surface area contributed by atoms with E-state index < -0.39 is 0 Å². The fourth-order valence-corrected chi connectivity index (χ4v) is 3.40. The Bertz CT molecular complexity index is 515. The van der Waals surface area contributed by atoms with Gasteiger partial charge < -0.3 is 4.74 Å². The van der Waals surface area contributed by atoms with Crippen molar-refractivity contribution >= 4 is 11.3 Å². The van der Waals surface area contributed by atoms with E-state index in [1.165, 1.54) is 11.1 Å². The Balaban J connectivity index is 1.59. The number of thiophene rings is 1. The van der Waals surface area contributed by atoms with Crippen molar-refractivity contribution in [3.05, 3.63) is 52.5 Å². The van der Waals surface area contributed by atoms with Crippen LogP contribution in [0.5, 0.6) is 0 Å². The summed E-state index contributed by atoms with van der Waals surface area (Å²) in [5.74, 6) is 0. The molecule has 0 bridgehead atoms. The Kier molecular flexibility index (Phi) is 4.45. The van der Waals surface area contributed by atoms with E-state index >= 15 is 0 Å². The summed E-state index contributed by atoms with van der Waals surface area (Å²) in [4.78, 5) is 6.58. The van der Waals surface area contributed by atoms with Gasteiger partial charge in [0.1, 0.15) is 0 Å². The van der Waals surface area contributed by atoms with Crippen LogP contribution in [0.1, 0.15) is 24.2 Å². The van der Waals surface area contributed by atoms with Gasteiger partial charge in [0, 0.05) is 32.0 Å². The highest BCUT2D eigenvalue weighted by atomic mass is 32.1. The van der Waals surface area contributed by atoms with Crippen LogP contribution in [0.15, 0.2) is 41.4 Å². The van der Waals surface area contributed by atoms with Gasteiger partial charge in [-0.25, -0.2) is 0 Å². The van der Waals surface area contributed by atoms with Gasteiger partial charge in [-0.2, -0.15) is 11.3 Å². The second kappa shape index (κ2) is 6.48. The Morgan fingerprint density at radius 3 is 2.90 bits per heavy atom. The molecule has 3 rings (SSSR count). The Morgan fingerprint density at radius 2 is 2.15 bits per heavy atom. The molecule has 0 saturated carbocycles. The van der Waals surface area contributed by atoms with Gasteiger partial charge in [0.05, 0.1) is 12.2 Å². The van der Waals surface area contributed by atoms with Crippen LogP contribution in [0.3, 0.4) is 0 Å². The topological polar surface area (TPSA) is 25.4 Å². The lowest BCUT2D eigenvalue weighted by molar-refractivity contribution is -0.0783. The van der Waals surface area contributed by atoms with Crippen molar-refractivity contribution in [3.8, 4) is 0 Å². The normalized spacial score (nSPS) is 23.9. The highest BCUT2D eigenvalue weighted by Gasteiger charge is 2.26. The van der Waals surface area contributed by atoms with Crippen LogP contribution in [-0.4, -0.2) is 35.6 Å². The number of morpholine rings is 1. The molecular weight excluding hydrogens is 268 g/mol. The van der Waals surface area contributed by atoms with Crippen LogP contribution in [0.4, 0.5) is 0 Å². The molecule has 0 aliphatic carbocycles. The van der Waals surface area contributed by atoms with E-state index in [-0.39, 0.29) is 6.10 Å². The SMILES string of the molecule is C[C@H]1CN(CCc2ccncc2)C[C@@H](c2ccsc2)O1. The monoisotopic (exact) mass is 288 g/mol. The van der Waals surface area contributed by atoms with Crippen LogP contribution in [-0.2, 0) is 11.2 Å². The second-order valence-corrected chi connectivity index (χ2v) is 6.14. The molecule has 2 aromatic rings. The number of hydrogen-bond donors (Lipinski definition) is 0. The molecule has 0 N–H and O–H groups in total. The molecule has 0 spiro atoms. The maximum atomic E-state index is 6.07. The zero-order valence-electron chi connectivity index (χ0n) is 11.7. The van der Waals surface area contributed by atoms with Crippen LogP contribution in [0, 0.1) is 0 Å². The molecule has 2 atom stereocenters. The number of hydrogen-bond acceptors (Lipinski definition) is 4. The van der Waals surface area contributed by atoms with Crippen LogP contribution in [0.25, 0.3) is 0 Å². The van der Waals surface area contributed by atoms with Crippen molar-refractivity contribution in [1.82, 2.24) is 9.88 Å². The van der Waals surface area contributed by atoms with E-state index in [0.29, 0.717) is 6.10 Å². The molecule has 20 heavy (non-hydrogen) atoms. The lowest BCUT2D eigenvalue weighted by Crippen LogP contribution is -2.43. The summed E-state index contributed by atoms with van der Waals surface area (Å²) in [5.41, 5.74) is 2.67. The van der Waals surface area contributed by atoms with Crippen LogP contribution >= 0.6 is 11.3 Å². The zero-order valence-corrected chi connectivity index (χ0v) is 12.6. The summed E-state index contributed by atoms with van der Waals surface area (Å²) in [6.07, 6.45) is 5.33. The van der Waals surface area contributed by atoms with Gasteiger partial charge in [0.2, 0.25) is 0 Å². The Morgan fingerprint density at radius 1 is 1.30 bits per heavy atom. The molecule has 0 amide bonds. The van der Waals surface area contributed by atoms with E-state index in [4.69, 9.17) is 4.74 Å². The van der Waals surface area contributed by atoms with Gasteiger partial charge in [0.25, 0.3) is 0 Å². The number of rotatable bonds is 4. The van der Waals surface area contributed by atoms with Gasteiger partial charge >= 0.3 is 0 Å². The van der Waals surface area contributed by atoms with E-state index in [0.717, 1.165) is 26.1 Å². The molecule has 1 saturated heterocycles. The summed E-state index contributed by atoms with van der Waals surface area (Å²) in [6.45, 7) is 5.26. The van der Waals surface area contributed by atoms with Crippen molar-refractivity contribution < 1.29 is 4.74 Å². The number of ether oxygens (including phenoxy) is 1. The van der Waals surface area contributed by atoms with Gasteiger partial charge in [-0.1, -0.05) is 0 Å². The molecule has 2 aromatic heterocycles. The minimum atomic E-state index is 0.224. The van der Waals surface area contributed by atoms with Gasteiger partial charge in [-0.05, 0) is 53.4 Å². The third-order valence-corrected chi connectivity index (χ3v) is 4.42. The maximum absolute atomic E-state index is 6.07. The summed E-state index contributed by atoms with van der Waals surface area (Å²) >= 11 is 1.74. The third-order valence-electron chi connectivity index (χ3n) is 3.72. The van der Waals surface area contributed by atoms with Crippen LogP contribution < -0.4 is 0 Å². The summed E-state index contributed by atoms with van der Waals surface area (Å²) in [5, 5.41) is 4.32. The van der Waals surface area contributed by atoms with Crippen molar-refractivity contribution in [2.45, 2.75) is 25.6 Å². The summed E-state index contributed by atoms with van der Waals surface area (Å²) < 4.78 is 6.07. The first-order valence-electron chi connectivity index (χ1n) is 7.10. The smallest absolute Gasteiger partial charge is 0.0964 e. The van der Waals surface area contributed by atoms with E-state index in [1.54, 1.807) is 11.3 Å². The fraction of sp³-hybridized carbons (Fsp3) is 0.438. The van der Waals surface area contributed by atoms with E-state index in [1.807, 2.05) is 12.4 Å². The molecule has 0 radical (unpaired) electrons. The third kappa shape index (κ3) is 3.45. The molecule has 106 valence electrons. The summed E-state index contributed by atoms with van der Waals surface area (Å²) in [6, 6.07) is 6.37. The zero-order chi connectivity index (χ0) is 13.8. The van der Waals surface area contributed by atoms with Crippen molar-refractivity contribution in [2.24, 2.45) is 0 Å².